The normalized spacial score (nSPS) is 17.2. The number of benzene rings is 2. The zero-order valence-electron chi connectivity index (χ0n) is 37.6. The van der Waals surface area contributed by atoms with Gasteiger partial charge in [-0.2, -0.15) is 8.87 Å². The molecule has 1 fully saturated rings. The van der Waals surface area contributed by atoms with E-state index in [1.807, 2.05) is 30.0 Å². The smallest absolute Gasteiger partial charge is 0.263 e. The third-order valence-electron chi connectivity index (χ3n) is 12.3. The summed E-state index contributed by atoms with van der Waals surface area (Å²) in [6, 6.07) is 7.39. The Hall–Kier alpha value is -3.62. The van der Waals surface area contributed by atoms with Gasteiger partial charge in [-0.1, -0.05) is 120 Å². The summed E-state index contributed by atoms with van der Waals surface area (Å²) in [5.41, 5.74) is 2.97. The predicted molar refractivity (Wildman–Crippen MR) is 252 cm³/mol. The number of hydrogen-bond acceptors (Lipinski definition) is 10. The first kappa shape index (κ1) is 47.8. The molecule has 1 N–H and O–H groups in total. The van der Waals surface area contributed by atoms with Crippen LogP contribution in [-0.4, -0.2) is 77.2 Å². The summed E-state index contributed by atoms with van der Waals surface area (Å²) in [5.74, 6) is 1.69. The molecular formula is C48H68ClN4O7S2+. The van der Waals surface area contributed by atoms with Crippen LogP contribution in [0.2, 0.25) is 5.02 Å². The number of methoxy groups -OCH3 is 2. The molecule has 0 unspecified atom stereocenters. The van der Waals surface area contributed by atoms with Crippen LogP contribution < -0.4 is 23.8 Å². The van der Waals surface area contributed by atoms with Crippen molar-refractivity contribution in [3.05, 3.63) is 63.1 Å². The number of aliphatic hydroxyl groups excluding tert-OH is 1. The summed E-state index contributed by atoms with van der Waals surface area (Å²) in [4.78, 5) is 18.4. The fourth-order valence-corrected chi connectivity index (χ4v) is 11.8. The average molecular weight is 913 g/mol. The Bertz CT molecular complexity index is 2230. The van der Waals surface area contributed by atoms with Gasteiger partial charge in [0, 0.05) is 44.7 Å². The first-order valence-electron chi connectivity index (χ1n) is 23.1. The monoisotopic (exact) mass is 911 g/mol. The van der Waals surface area contributed by atoms with E-state index >= 15 is 0 Å². The maximum atomic E-state index is 14.2. The lowest BCUT2D eigenvalue weighted by atomic mass is 9.87. The first-order valence-corrected chi connectivity index (χ1v) is 25.7. The van der Waals surface area contributed by atoms with Crippen molar-refractivity contribution in [3.63, 3.8) is 0 Å². The van der Waals surface area contributed by atoms with E-state index in [4.69, 9.17) is 25.8 Å². The van der Waals surface area contributed by atoms with Crippen molar-refractivity contribution >= 4 is 66.4 Å². The second kappa shape index (κ2) is 22.8. The topological polar surface area (TPSA) is 113 Å². The second-order valence-corrected chi connectivity index (χ2v) is 19.9. The fraction of sp³-hybridized carbons (Fsp3) is 0.583. The molecular weight excluding hydrogens is 844 g/mol. The van der Waals surface area contributed by atoms with Gasteiger partial charge in [-0.3, -0.25) is 4.79 Å². The molecule has 1 aromatic heterocycles. The van der Waals surface area contributed by atoms with Crippen LogP contribution in [0.25, 0.3) is 16.3 Å². The molecule has 0 atom stereocenters. The number of halogens is 1. The molecule has 14 heteroatoms. The molecule has 3 aliphatic rings. The van der Waals surface area contributed by atoms with Crippen molar-refractivity contribution in [2.24, 2.45) is 0 Å². The molecule has 6 rings (SSSR count). The summed E-state index contributed by atoms with van der Waals surface area (Å²) >= 11 is 8.42. The van der Waals surface area contributed by atoms with E-state index in [1.54, 1.807) is 43.8 Å². The standard InChI is InChI=1S/C48H67ClN4O7S2/c1-6-9-11-13-15-17-19-21-23-52-38-31-37(49)44(62(56,57)50-25-27-60-28-26-50)33-39(38)51(8-3)45(52)29-35-47(54)36(48(35)55)30-46-53(24-22-20-18-16-14-12-10-7-2)40-32-41(58-4)42(59-5)34-43(40)61-46/h29-34H,6-28H2,1-5H3/p+1. The number of hydrogen-bond donors (Lipinski definition) is 1. The van der Waals surface area contributed by atoms with Crippen molar-refractivity contribution < 1.29 is 37.1 Å². The highest BCUT2D eigenvalue weighted by Crippen LogP contribution is 2.47. The van der Waals surface area contributed by atoms with E-state index < -0.39 is 10.0 Å². The molecule has 11 nitrogen and oxygen atoms in total. The van der Waals surface area contributed by atoms with E-state index in [-0.39, 0.29) is 45.7 Å². The molecule has 1 aliphatic carbocycles. The fourth-order valence-electron chi connectivity index (χ4n) is 8.74. The van der Waals surface area contributed by atoms with Gasteiger partial charge >= 0.3 is 0 Å². The molecule has 0 spiro atoms. The Morgan fingerprint density at radius 3 is 1.97 bits per heavy atom. The van der Waals surface area contributed by atoms with Crippen LogP contribution in [0.4, 0.5) is 11.4 Å². The quantitative estimate of drug-likeness (QED) is 0.0504. The van der Waals surface area contributed by atoms with Crippen LogP contribution >= 0.6 is 22.9 Å². The maximum absolute atomic E-state index is 14.2. The highest BCUT2D eigenvalue weighted by molar-refractivity contribution is 7.89. The molecule has 0 radical (unpaired) electrons. The van der Waals surface area contributed by atoms with E-state index in [0.717, 1.165) is 59.6 Å². The molecule has 2 aromatic carbocycles. The van der Waals surface area contributed by atoms with Crippen LogP contribution in [0.3, 0.4) is 0 Å². The summed E-state index contributed by atoms with van der Waals surface area (Å²) in [6.45, 7) is 9.57. The van der Waals surface area contributed by atoms with Crippen molar-refractivity contribution in [2.75, 3.05) is 63.4 Å². The van der Waals surface area contributed by atoms with Crippen LogP contribution in [-0.2, 0) is 26.1 Å². The first-order chi connectivity index (χ1) is 30.1. The van der Waals surface area contributed by atoms with Crippen LogP contribution in [0, 0.1) is 0 Å². The number of ketones is 1. The number of nitrogens with zero attached hydrogens (tertiary/aromatic N) is 4. The highest BCUT2D eigenvalue weighted by atomic mass is 35.5. The number of Topliss-reactive ketones (excluding diaryl/α,β-unsaturated/α-hetero) is 1. The van der Waals surface area contributed by atoms with Crippen LogP contribution in [0.1, 0.15) is 129 Å². The minimum Gasteiger partial charge on any atom is -0.506 e. The van der Waals surface area contributed by atoms with E-state index in [9.17, 15) is 18.3 Å². The van der Waals surface area contributed by atoms with Gasteiger partial charge < -0.3 is 29.1 Å². The minimum atomic E-state index is -3.89. The maximum Gasteiger partial charge on any atom is 0.263 e. The molecule has 2 aliphatic heterocycles. The van der Waals surface area contributed by atoms with Gasteiger partial charge in [0.15, 0.2) is 18.0 Å². The number of fused-ring (bicyclic) bond motifs is 2. The Morgan fingerprint density at radius 2 is 1.37 bits per heavy atom. The number of carbonyl (C=O) groups is 1. The SMILES string of the molecule is CCCCCCCCCCN1/C(=C\C2=C(O)C(=C\c3sc4cc(OC)c(OC)cc4[n+]3CCCCCCCCCC)/C2=O)N(CC)c2cc(S(=O)(=O)N3CCOCC3)c(Cl)cc21. The van der Waals surface area contributed by atoms with Gasteiger partial charge in [0.1, 0.15) is 21.2 Å². The summed E-state index contributed by atoms with van der Waals surface area (Å²) in [6.07, 6.45) is 22.4. The summed E-state index contributed by atoms with van der Waals surface area (Å²) in [5, 5.41) is 12.7. The van der Waals surface area contributed by atoms with Crippen molar-refractivity contribution in [3.8, 4) is 11.5 Å². The van der Waals surface area contributed by atoms with Crippen LogP contribution in [0.5, 0.6) is 11.5 Å². The average Bonchev–Trinajstić information content (AvgIpc) is 3.77. The van der Waals surface area contributed by atoms with Crippen molar-refractivity contribution in [1.82, 2.24) is 4.31 Å². The third-order valence-corrected chi connectivity index (χ3v) is 15.8. The summed E-state index contributed by atoms with van der Waals surface area (Å²) in [7, 11) is -0.632. The van der Waals surface area contributed by atoms with Gasteiger partial charge in [0.05, 0.1) is 61.0 Å². The Balaban J connectivity index is 1.32. The molecule has 3 aromatic rings. The molecule has 340 valence electrons. The lowest BCUT2D eigenvalue weighted by Crippen LogP contribution is -2.40. The number of thiazole rings is 1. The van der Waals surface area contributed by atoms with E-state index in [1.165, 1.54) is 74.9 Å². The number of carbonyl (C=O) groups excluding carboxylic acids is 1. The van der Waals surface area contributed by atoms with Gasteiger partial charge in [-0.05, 0) is 38.0 Å². The number of unbranched alkanes of at least 4 members (excludes halogenated alkanes) is 14. The minimum absolute atomic E-state index is 0.0531. The number of aromatic nitrogens is 1. The number of aliphatic hydroxyl groups is 1. The molecule has 1 saturated heterocycles. The predicted octanol–water partition coefficient (Wildman–Crippen LogP) is 11.1. The Kier molecular flexibility index (Phi) is 17.6. The Morgan fingerprint density at radius 1 is 0.790 bits per heavy atom. The van der Waals surface area contributed by atoms with Gasteiger partial charge in [0.25, 0.3) is 5.01 Å². The number of ether oxygens (including phenoxy) is 3. The lowest BCUT2D eigenvalue weighted by Gasteiger charge is -2.27. The van der Waals surface area contributed by atoms with Gasteiger partial charge in [-0.15, -0.1) is 0 Å². The molecule has 62 heavy (non-hydrogen) atoms. The number of anilines is 2. The zero-order valence-corrected chi connectivity index (χ0v) is 40.0. The number of morpholine rings is 1. The van der Waals surface area contributed by atoms with Crippen LogP contribution in [0.15, 0.2) is 58.0 Å². The third kappa shape index (κ3) is 10.8. The second-order valence-electron chi connectivity index (χ2n) is 16.6. The molecule has 0 saturated carbocycles. The van der Waals surface area contributed by atoms with Crippen molar-refractivity contribution in [2.45, 2.75) is 135 Å². The number of aryl methyl sites for hydroxylation is 1. The Labute approximate surface area is 379 Å². The number of rotatable bonds is 25. The zero-order chi connectivity index (χ0) is 44.2. The molecule has 0 amide bonds. The van der Waals surface area contributed by atoms with E-state index in [2.05, 4.69) is 23.3 Å². The summed E-state index contributed by atoms with van der Waals surface area (Å²) < 4.78 is 49.2. The molecule has 3 heterocycles. The van der Waals surface area contributed by atoms with Crippen molar-refractivity contribution in [1.29, 1.82) is 0 Å². The lowest BCUT2D eigenvalue weighted by molar-refractivity contribution is -0.669. The van der Waals surface area contributed by atoms with Gasteiger partial charge in [-0.25, -0.2) is 8.42 Å². The van der Waals surface area contributed by atoms with Gasteiger partial charge in [0.2, 0.25) is 21.3 Å². The molecule has 0 bridgehead atoms. The number of allylic oxidation sites excluding steroid dienone is 3. The number of sulfonamides is 1. The highest BCUT2D eigenvalue weighted by Gasteiger charge is 2.39. The largest absolute Gasteiger partial charge is 0.506 e. The van der Waals surface area contributed by atoms with E-state index in [0.29, 0.717) is 49.3 Å².